The van der Waals surface area contributed by atoms with E-state index >= 15 is 0 Å². The average Bonchev–Trinajstić information content (AvgIpc) is 2.60. The van der Waals surface area contributed by atoms with Gasteiger partial charge >= 0.3 is 0 Å². The zero-order valence-electron chi connectivity index (χ0n) is 15.5. The van der Waals surface area contributed by atoms with Crippen LogP contribution in [-0.2, 0) is 23.7 Å². The van der Waals surface area contributed by atoms with Gasteiger partial charge in [0.25, 0.3) is 0 Å². The van der Waals surface area contributed by atoms with Gasteiger partial charge in [0.1, 0.15) is 12.2 Å². The third kappa shape index (κ3) is 7.77. The smallest absolute Gasteiger partial charge is 0.184 e. The van der Waals surface area contributed by atoms with Crippen LogP contribution in [0.2, 0.25) is 0 Å². The van der Waals surface area contributed by atoms with E-state index in [1.54, 1.807) is 6.08 Å². The summed E-state index contributed by atoms with van der Waals surface area (Å²) in [6.07, 6.45) is 7.88. The Morgan fingerprint density at radius 3 is 2.25 bits per heavy atom. The third-order valence-corrected chi connectivity index (χ3v) is 3.96. The Labute approximate surface area is 146 Å². The molecular weight excluding hydrogens is 308 g/mol. The van der Waals surface area contributed by atoms with Crippen molar-refractivity contribution in [1.29, 1.82) is 0 Å². The molecule has 0 saturated heterocycles. The first-order valence-corrected chi connectivity index (χ1v) is 9.41. The summed E-state index contributed by atoms with van der Waals surface area (Å²) in [6.45, 7) is 8.80. The van der Waals surface area contributed by atoms with Crippen molar-refractivity contribution in [3.8, 4) is 0 Å². The fraction of sp³-hybridized carbons (Fsp3) is 0.842. The molecule has 5 nitrogen and oxygen atoms in total. The number of hydrogen-bond acceptors (Lipinski definition) is 5. The quantitative estimate of drug-likeness (QED) is 0.356. The van der Waals surface area contributed by atoms with Crippen LogP contribution in [-0.4, -0.2) is 51.0 Å². The van der Waals surface area contributed by atoms with E-state index < -0.39 is 0 Å². The Hall–Kier alpha value is -0.910. The first-order valence-electron chi connectivity index (χ1n) is 9.41. The highest BCUT2D eigenvalue weighted by Crippen LogP contribution is 2.23. The monoisotopic (exact) mass is 342 g/mol. The summed E-state index contributed by atoms with van der Waals surface area (Å²) in [4.78, 5) is 11.2. The van der Waals surface area contributed by atoms with Gasteiger partial charge in [0.05, 0.1) is 6.61 Å². The Morgan fingerprint density at radius 1 is 1.00 bits per heavy atom. The molecular formula is C19H34O5. The van der Waals surface area contributed by atoms with Gasteiger partial charge in [-0.3, -0.25) is 4.79 Å². The zero-order chi connectivity index (χ0) is 17.6. The van der Waals surface area contributed by atoms with Crippen molar-refractivity contribution in [2.45, 2.75) is 77.6 Å². The molecule has 2 unspecified atom stereocenters. The van der Waals surface area contributed by atoms with Crippen LogP contribution in [0, 0.1) is 0 Å². The molecule has 0 amide bonds. The Morgan fingerprint density at radius 2 is 1.62 bits per heavy atom. The van der Waals surface area contributed by atoms with E-state index in [4.69, 9.17) is 18.9 Å². The molecule has 0 aliphatic carbocycles. The van der Waals surface area contributed by atoms with Gasteiger partial charge in [-0.05, 0) is 25.3 Å². The van der Waals surface area contributed by atoms with Gasteiger partial charge in [-0.2, -0.15) is 0 Å². The molecule has 0 fully saturated rings. The lowest BCUT2D eigenvalue weighted by Gasteiger charge is -2.36. The predicted octanol–water partition coefficient (Wildman–Crippen LogP) is 3.66. The number of aldehydes is 1. The molecule has 0 aromatic heterocycles. The summed E-state index contributed by atoms with van der Waals surface area (Å²) < 4.78 is 23.5. The Bertz CT molecular complexity index is 356. The number of ether oxygens (including phenoxy) is 4. The summed E-state index contributed by atoms with van der Waals surface area (Å²) >= 11 is 0. The van der Waals surface area contributed by atoms with Crippen molar-refractivity contribution in [2.75, 3.05) is 26.4 Å². The number of allylic oxidation sites excluding steroid dienone is 1. The molecule has 0 bridgehead atoms. The van der Waals surface area contributed by atoms with Crippen LogP contribution in [0.5, 0.6) is 0 Å². The maximum absolute atomic E-state index is 11.2. The van der Waals surface area contributed by atoms with E-state index in [2.05, 4.69) is 20.8 Å². The van der Waals surface area contributed by atoms with Crippen molar-refractivity contribution in [3.05, 3.63) is 11.8 Å². The summed E-state index contributed by atoms with van der Waals surface area (Å²) in [5.74, 6) is 0.316. The van der Waals surface area contributed by atoms with Crippen molar-refractivity contribution in [3.63, 3.8) is 0 Å². The van der Waals surface area contributed by atoms with Gasteiger partial charge in [0.2, 0.25) is 0 Å². The molecule has 3 atom stereocenters. The first-order chi connectivity index (χ1) is 11.8. The molecule has 24 heavy (non-hydrogen) atoms. The molecule has 5 heteroatoms. The molecule has 1 aliphatic rings. The van der Waals surface area contributed by atoms with Crippen molar-refractivity contribution >= 4 is 6.29 Å². The van der Waals surface area contributed by atoms with Gasteiger partial charge in [0.15, 0.2) is 18.1 Å². The number of unbranched alkanes of at least 4 members (excludes halogenated alkanes) is 3. The lowest BCUT2D eigenvalue weighted by molar-refractivity contribution is -0.148. The summed E-state index contributed by atoms with van der Waals surface area (Å²) in [7, 11) is 0. The van der Waals surface area contributed by atoms with Crippen LogP contribution in [0.1, 0.15) is 59.3 Å². The molecule has 1 aliphatic heterocycles. The number of rotatable bonds is 14. The average molecular weight is 342 g/mol. The summed E-state index contributed by atoms with van der Waals surface area (Å²) in [5.41, 5.74) is 0. The van der Waals surface area contributed by atoms with Crippen LogP contribution in [0.15, 0.2) is 11.8 Å². The maximum atomic E-state index is 11.2. The Balaban J connectivity index is 2.70. The molecule has 0 aromatic carbocycles. The molecule has 1 rings (SSSR count). The van der Waals surface area contributed by atoms with E-state index in [0.717, 1.165) is 44.8 Å². The summed E-state index contributed by atoms with van der Waals surface area (Å²) in [6, 6.07) is 0. The standard InChI is InChI=1S/C19H34O5/c1-4-7-10-21-15-18-19(23-12-9-6-3)17(22-11-8-5-2)13-16(14-20)24-18/h13-14,17-19H,4-12,15H2,1-3H3/t17?,18?,19-/m1/s1. The minimum absolute atomic E-state index is 0.237. The van der Waals surface area contributed by atoms with Crippen LogP contribution >= 0.6 is 0 Å². The van der Waals surface area contributed by atoms with E-state index in [1.165, 1.54) is 0 Å². The Kier molecular flexibility index (Phi) is 11.8. The number of carbonyl (C=O) groups is 1. The molecule has 0 aromatic rings. The molecule has 140 valence electrons. The topological polar surface area (TPSA) is 54.0 Å². The normalized spacial score (nSPS) is 23.6. The minimum Gasteiger partial charge on any atom is -0.482 e. The van der Waals surface area contributed by atoms with Gasteiger partial charge in [-0.1, -0.05) is 40.0 Å². The van der Waals surface area contributed by atoms with Crippen molar-refractivity contribution < 1.29 is 23.7 Å². The molecule has 0 spiro atoms. The maximum Gasteiger partial charge on any atom is 0.184 e. The zero-order valence-corrected chi connectivity index (χ0v) is 15.5. The van der Waals surface area contributed by atoms with E-state index in [0.29, 0.717) is 32.2 Å². The van der Waals surface area contributed by atoms with Crippen LogP contribution in [0.3, 0.4) is 0 Å². The SMILES string of the molecule is CCCCOCC1OC(C=O)=CC(OCCCC)[C@H]1OCCCC. The molecule has 0 N–H and O–H groups in total. The van der Waals surface area contributed by atoms with E-state index in [9.17, 15) is 4.79 Å². The van der Waals surface area contributed by atoms with Crippen LogP contribution < -0.4 is 0 Å². The van der Waals surface area contributed by atoms with Gasteiger partial charge in [0, 0.05) is 19.8 Å². The fourth-order valence-electron chi connectivity index (χ4n) is 2.46. The van der Waals surface area contributed by atoms with E-state index in [-0.39, 0.29) is 18.3 Å². The van der Waals surface area contributed by atoms with Gasteiger partial charge in [-0.15, -0.1) is 0 Å². The first kappa shape index (κ1) is 21.1. The second-order valence-electron chi connectivity index (χ2n) is 6.15. The second-order valence-corrected chi connectivity index (χ2v) is 6.15. The highest BCUT2D eigenvalue weighted by molar-refractivity contribution is 5.70. The van der Waals surface area contributed by atoms with Crippen molar-refractivity contribution in [1.82, 2.24) is 0 Å². The highest BCUT2D eigenvalue weighted by atomic mass is 16.6. The van der Waals surface area contributed by atoms with Gasteiger partial charge in [-0.25, -0.2) is 0 Å². The van der Waals surface area contributed by atoms with Crippen LogP contribution in [0.25, 0.3) is 0 Å². The lowest BCUT2D eigenvalue weighted by atomic mass is 10.0. The molecule has 0 radical (unpaired) electrons. The second kappa shape index (κ2) is 13.4. The highest BCUT2D eigenvalue weighted by Gasteiger charge is 2.36. The predicted molar refractivity (Wildman–Crippen MR) is 94.0 cm³/mol. The van der Waals surface area contributed by atoms with Gasteiger partial charge < -0.3 is 18.9 Å². The fourth-order valence-corrected chi connectivity index (χ4v) is 2.46. The number of hydrogen-bond donors (Lipinski definition) is 0. The largest absolute Gasteiger partial charge is 0.482 e. The lowest BCUT2D eigenvalue weighted by Crippen LogP contribution is -2.47. The van der Waals surface area contributed by atoms with E-state index in [1.807, 2.05) is 0 Å². The molecule has 0 saturated carbocycles. The summed E-state index contributed by atoms with van der Waals surface area (Å²) in [5, 5.41) is 0. The molecule has 1 heterocycles. The minimum atomic E-state index is -0.310. The van der Waals surface area contributed by atoms with Crippen LogP contribution in [0.4, 0.5) is 0 Å². The van der Waals surface area contributed by atoms with Crippen molar-refractivity contribution in [2.24, 2.45) is 0 Å². The number of carbonyl (C=O) groups excluding carboxylic acids is 1. The third-order valence-electron chi connectivity index (χ3n) is 3.96.